The second kappa shape index (κ2) is 3.98. The summed E-state index contributed by atoms with van der Waals surface area (Å²) in [5.74, 6) is 0.580. The molecule has 2 heterocycles. The lowest BCUT2D eigenvalue weighted by Gasteiger charge is -2.28. The fourth-order valence-corrected chi connectivity index (χ4v) is 1.69. The zero-order valence-corrected chi connectivity index (χ0v) is 8.34. The number of aromatic amines is 1. The highest BCUT2D eigenvalue weighted by Gasteiger charge is 2.16. The molecule has 0 radical (unpaired) electrons. The molecule has 5 nitrogen and oxygen atoms in total. The summed E-state index contributed by atoms with van der Waals surface area (Å²) in [5, 5.41) is 3.40. The molecule has 0 bridgehead atoms. The van der Waals surface area contributed by atoms with Gasteiger partial charge in [0, 0.05) is 26.2 Å². The van der Waals surface area contributed by atoms with E-state index in [1.807, 2.05) is 4.90 Å². The molecule has 1 fully saturated rings. The molecule has 2 N–H and O–H groups in total. The fraction of sp³-hybridized carbons (Fsp3) is 0.500. The Morgan fingerprint density at radius 2 is 2.14 bits per heavy atom. The van der Waals surface area contributed by atoms with E-state index in [0.717, 1.165) is 26.2 Å². The number of anilines is 1. The van der Waals surface area contributed by atoms with Crippen molar-refractivity contribution in [1.82, 2.24) is 15.3 Å². The Morgan fingerprint density at radius 1 is 1.43 bits per heavy atom. The van der Waals surface area contributed by atoms with Gasteiger partial charge in [-0.05, 0) is 0 Å². The third-order valence-corrected chi connectivity index (χ3v) is 2.54. The van der Waals surface area contributed by atoms with Crippen molar-refractivity contribution in [2.24, 2.45) is 0 Å². The highest BCUT2D eigenvalue weighted by Crippen LogP contribution is 2.17. The van der Waals surface area contributed by atoms with E-state index >= 15 is 0 Å². The summed E-state index contributed by atoms with van der Waals surface area (Å²) in [6.07, 6.45) is 1.38. The Balaban J connectivity index is 2.30. The third-order valence-electron chi connectivity index (χ3n) is 2.19. The lowest BCUT2D eigenvalue weighted by molar-refractivity contribution is 0.584. The second-order valence-corrected chi connectivity index (χ2v) is 3.48. The van der Waals surface area contributed by atoms with Crippen LogP contribution < -0.4 is 15.8 Å². The maximum Gasteiger partial charge on any atom is 0.271 e. The van der Waals surface area contributed by atoms with Crippen LogP contribution in [0, 0.1) is 0 Å². The molecule has 0 atom stereocenters. The average molecular weight is 215 g/mol. The van der Waals surface area contributed by atoms with Crippen LogP contribution in [-0.2, 0) is 0 Å². The van der Waals surface area contributed by atoms with Gasteiger partial charge in [-0.15, -0.1) is 0 Å². The van der Waals surface area contributed by atoms with Gasteiger partial charge in [-0.1, -0.05) is 11.6 Å². The molecule has 2 rings (SSSR count). The van der Waals surface area contributed by atoms with Crippen LogP contribution in [0.5, 0.6) is 0 Å². The van der Waals surface area contributed by atoms with Crippen molar-refractivity contribution in [2.75, 3.05) is 31.1 Å². The van der Waals surface area contributed by atoms with Crippen LogP contribution in [0.2, 0.25) is 5.02 Å². The molecule has 0 amide bonds. The first-order valence-electron chi connectivity index (χ1n) is 4.48. The van der Waals surface area contributed by atoms with Crippen molar-refractivity contribution in [3.63, 3.8) is 0 Å². The summed E-state index contributed by atoms with van der Waals surface area (Å²) in [4.78, 5) is 19.7. The molecule has 1 aromatic rings. The third kappa shape index (κ3) is 1.73. The van der Waals surface area contributed by atoms with Crippen LogP contribution in [0.1, 0.15) is 0 Å². The van der Waals surface area contributed by atoms with E-state index in [1.165, 1.54) is 6.33 Å². The Bertz CT molecular complexity index is 372. The van der Waals surface area contributed by atoms with Gasteiger partial charge in [-0.3, -0.25) is 4.79 Å². The van der Waals surface area contributed by atoms with Crippen LogP contribution in [0.4, 0.5) is 5.82 Å². The van der Waals surface area contributed by atoms with Gasteiger partial charge in [0.15, 0.2) is 5.82 Å². The number of hydrogen-bond acceptors (Lipinski definition) is 4. The van der Waals surface area contributed by atoms with Gasteiger partial charge in [0.05, 0.1) is 6.33 Å². The topological polar surface area (TPSA) is 61.0 Å². The summed E-state index contributed by atoms with van der Waals surface area (Å²) in [7, 11) is 0. The standard InChI is InChI=1S/C8H11ClN4O/c9-6-7(11-5-12-8(6)14)13-3-1-10-2-4-13/h5,10H,1-4H2,(H,11,12,14). The van der Waals surface area contributed by atoms with Gasteiger partial charge >= 0.3 is 0 Å². The van der Waals surface area contributed by atoms with E-state index in [0.29, 0.717) is 5.82 Å². The molecule has 0 unspecified atom stereocenters. The van der Waals surface area contributed by atoms with Crippen molar-refractivity contribution >= 4 is 17.4 Å². The van der Waals surface area contributed by atoms with Crippen molar-refractivity contribution in [1.29, 1.82) is 0 Å². The van der Waals surface area contributed by atoms with E-state index in [9.17, 15) is 4.79 Å². The predicted octanol–water partition coefficient (Wildman–Crippen LogP) is -0.167. The Kier molecular flexibility index (Phi) is 2.69. The number of nitrogens with zero attached hydrogens (tertiary/aromatic N) is 2. The molecule has 1 aromatic heterocycles. The quantitative estimate of drug-likeness (QED) is 0.682. The molecule has 0 spiro atoms. The summed E-state index contributed by atoms with van der Waals surface area (Å²) in [5.41, 5.74) is -0.282. The van der Waals surface area contributed by atoms with Gasteiger partial charge in [-0.2, -0.15) is 0 Å². The molecule has 1 aliphatic heterocycles. The zero-order chi connectivity index (χ0) is 9.97. The molecule has 1 aliphatic rings. The van der Waals surface area contributed by atoms with Gasteiger partial charge in [0.25, 0.3) is 5.56 Å². The maximum atomic E-state index is 11.2. The number of piperazine rings is 1. The Labute approximate surface area is 86.1 Å². The van der Waals surface area contributed by atoms with Crippen LogP contribution >= 0.6 is 11.6 Å². The van der Waals surface area contributed by atoms with E-state index < -0.39 is 0 Å². The molecule has 0 saturated carbocycles. The van der Waals surface area contributed by atoms with Crippen LogP contribution in [0.15, 0.2) is 11.1 Å². The number of rotatable bonds is 1. The minimum Gasteiger partial charge on any atom is -0.353 e. The second-order valence-electron chi connectivity index (χ2n) is 3.11. The first-order chi connectivity index (χ1) is 6.79. The van der Waals surface area contributed by atoms with Crippen molar-refractivity contribution < 1.29 is 0 Å². The molecule has 14 heavy (non-hydrogen) atoms. The lowest BCUT2D eigenvalue weighted by atomic mass is 10.3. The van der Waals surface area contributed by atoms with Gasteiger partial charge in [0.2, 0.25) is 0 Å². The summed E-state index contributed by atoms with van der Waals surface area (Å²) in [6.45, 7) is 3.45. The summed E-state index contributed by atoms with van der Waals surface area (Å²) in [6, 6.07) is 0. The highest BCUT2D eigenvalue weighted by molar-refractivity contribution is 6.32. The Hall–Kier alpha value is -1.07. The molecular formula is C8H11ClN4O. The Morgan fingerprint density at radius 3 is 2.86 bits per heavy atom. The van der Waals surface area contributed by atoms with Crippen molar-refractivity contribution in [3.05, 3.63) is 21.7 Å². The number of H-pyrrole nitrogens is 1. The SMILES string of the molecule is O=c1[nH]cnc(N2CCNCC2)c1Cl. The van der Waals surface area contributed by atoms with Crippen LogP contribution in [0.25, 0.3) is 0 Å². The first-order valence-corrected chi connectivity index (χ1v) is 4.85. The number of nitrogens with one attached hydrogen (secondary N) is 2. The zero-order valence-electron chi connectivity index (χ0n) is 7.59. The molecule has 0 aromatic carbocycles. The minimum absolute atomic E-state index is 0.175. The van der Waals surface area contributed by atoms with Crippen LogP contribution in [-0.4, -0.2) is 36.1 Å². The number of aromatic nitrogens is 2. The fourth-order valence-electron chi connectivity index (χ4n) is 1.47. The van der Waals surface area contributed by atoms with E-state index in [2.05, 4.69) is 15.3 Å². The smallest absolute Gasteiger partial charge is 0.271 e. The monoisotopic (exact) mass is 214 g/mol. The van der Waals surface area contributed by atoms with E-state index in [-0.39, 0.29) is 10.6 Å². The first kappa shape index (κ1) is 9.48. The lowest BCUT2D eigenvalue weighted by Crippen LogP contribution is -2.44. The predicted molar refractivity (Wildman–Crippen MR) is 55.0 cm³/mol. The minimum atomic E-state index is -0.282. The van der Waals surface area contributed by atoms with Gasteiger partial charge in [0.1, 0.15) is 5.02 Å². The molecule has 1 saturated heterocycles. The average Bonchev–Trinajstić information content (AvgIpc) is 2.23. The van der Waals surface area contributed by atoms with Gasteiger partial charge in [-0.25, -0.2) is 4.98 Å². The van der Waals surface area contributed by atoms with Gasteiger partial charge < -0.3 is 15.2 Å². The highest BCUT2D eigenvalue weighted by atomic mass is 35.5. The maximum absolute atomic E-state index is 11.2. The molecule has 76 valence electrons. The largest absolute Gasteiger partial charge is 0.353 e. The normalized spacial score (nSPS) is 17.1. The molecule has 0 aliphatic carbocycles. The molecule has 6 heteroatoms. The number of hydrogen-bond donors (Lipinski definition) is 2. The van der Waals surface area contributed by atoms with E-state index in [4.69, 9.17) is 11.6 Å². The van der Waals surface area contributed by atoms with Crippen molar-refractivity contribution in [2.45, 2.75) is 0 Å². The number of halogens is 1. The van der Waals surface area contributed by atoms with Crippen LogP contribution in [0.3, 0.4) is 0 Å². The molecular weight excluding hydrogens is 204 g/mol. The van der Waals surface area contributed by atoms with Crippen molar-refractivity contribution in [3.8, 4) is 0 Å². The van der Waals surface area contributed by atoms with E-state index in [1.54, 1.807) is 0 Å². The summed E-state index contributed by atoms with van der Waals surface area (Å²) < 4.78 is 0. The summed E-state index contributed by atoms with van der Waals surface area (Å²) >= 11 is 5.86.